The van der Waals surface area contributed by atoms with Crippen molar-refractivity contribution in [3.8, 4) is 11.3 Å². The average molecular weight is 459 g/mol. The van der Waals surface area contributed by atoms with Gasteiger partial charge < -0.3 is 9.72 Å². The number of unbranched alkanes of at least 4 members (excludes halogenated alkanes) is 2. The summed E-state index contributed by atoms with van der Waals surface area (Å²) >= 11 is 0. The lowest BCUT2D eigenvalue weighted by molar-refractivity contribution is -0.119. The number of fused-ring (bicyclic) bond motifs is 1. The zero-order chi connectivity index (χ0) is 23.8. The highest BCUT2D eigenvalue weighted by molar-refractivity contribution is 5.81. The number of hydrogen-bond donors (Lipinski definition) is 1. The molecule has 0 aliphatic rings. The molecule has 0 bridgehead atoms. The second kappa shape index (κ2) is 11.5. The molecule has 7 heteroatoms. The van der Waals surface area contributed by atoms with E-state index in [4.69, 9.17) is 4.74 Å². The van der Waals surface area contributed by atoms with Crippen molar-refractivity contribution in [2.45, 2.75) is 45.1 Å². The molecule has 0 saturated heterocycles. The molecule has 0 radical (unpaired) electrons. The van der Waals surface area contributed by atoms with Crippen LogP contribution in [-0.4, -0.2) is 39.0 Å². The zero-order valence-corrected chi connectivity index (χ0v) is 19.5. The SMILES string of the molecule is COCCCCCc1ncc(-c2ccccc2)n(CC(=O)CCc2cc3cnccc3[nH]2)c1=O. The summed E-state index contributed by atoms with van der Waals surface area (Å²) in [6, 6.07) is 13.6. The molecule has 0 aliphatic carbocycles. The normalized spacial score (nSPS) is 11.2. The minimum absolute atomic E-state index is 0.00769. The van der Waals surface area contributed by atoms with Crippen LogP contribution in [0.1, 0.15) is 37.1 Å². The van der Waals surface area contributed by atoms with E-state index < -0.39 is 0 Å². The monoisotopic (exact) mass is 458 g/mol. The first kappa shape index (κ1) is 23.6. The number of nitrogens with zero attached hydrogens (tertiary/aromatic N) is 3. The summed E-state index contributed by atoms with van der Waals surface area (Å²) < 4.78 is 6.68. The number of carbonyl (C=O) groups is 1. The number of pyridine rings is 1. The van der Waals surface area contributed by atoms with Gasteiger partial charge in [-0.1, -0.05) is 36.8 Å². The van der Waals surface area contributed by atoms with Crippen molar-refractivity contribution in [2.75, 3.05) is 13.7 Å². The van der Waals surface area contributed by atoms with E-state index in [0.29, 0.717) is 37.3 Å². The van der Waals surface area contributed by atoms with Gasteiger partial charge in [-0.15, -0.1) is 0 Å². The van der Waals surface area contributed by atoms with E-state index >= 15 is 0 Å². The van der Waals surface area contributed by atoms with Crippen LogP contribution in [0, 0.1) is 0 Å². The number of ketones is 1. The molecule has 176 valence electrons. The van der Waals surface area contributed by atoms with Gasteiger partial charge in [-0.2, -0.15) is 0 Å². The number of rotatable bonds is 12. The minimum Gasteiger partial charge on any atom is -0.385 e. The molecule has 4 rings (SSSR count). The highest BCUT2D eigenvalue weighted by atomic mass is 16.5. The van der Waals surface area contributed by atoms with Crippen molar-refractivity contribution in [2.24, 2.45) is 0 Å². The standard InChI is InChI=1S/C27H30N4O3/c1-34-15-7-3-6-10-25-27(33)31(26(18-29-25)20-8-4-2-5-9-20)19-23(32)12-11-22-16-21-17-28-14-13-24(21)30-22/h2,4-5,8-9,13-14,16-18,30H,3,6-7,10-12,15,19H2,1H3. The molecule has 1 aromatic carbocycles. The maximum atomic E-state index is 13.3. The van der Waals surface area contributed by atoms with Crippen molar-refractivity contribution in [1.82, 2.24) is 19.5 Å². The molecule has 0 saturated carbocycles. The van der Waals surface area contributed by atoms with E-state index in [-0.39, 0.29) is 17.9 Å². The highest BCUT2D eigenvalue weighted by Gasteiger charge is 2.15. The van der Waals surface area contributed by atoms with E-state index in [1.165, 1.54) is 0 Å². The number of carbonyl (C=O) groups excluding carboxylic acids is 1. The lowest BCUT2D eigenvalue weighted by Crippen LogP contribution is -2.29. The first-order valence-electron chi connectivity index (χ1n) is 11.7. The van der Waals surface area contributed by atoms with Gasteiger partial charge in [0.15, 0.2) is 5.78 Å². The molecule has 4 aromatic rings. The lowest BCUT2D eigenvalue weighted by atomic mass is 10.1. The first-order chi connectivity index (χ1) is 16.7. The summed E-state index contributed by atoms with van der Waals surface area (Å²) in [4.78, 5) is 38.2. The molecule has 0 fully saturated rings. The Balaban J connectivity index is 1.50. The second-order valence-electron chi connectivity index (χ2n) is 8.45. The summed E-state index contributed by atoms with van der Waals surface area (Å²) in [7, 11) is 1.69. The predicted octanol–water partition coefficient (Wildman–Crippen LogP) is 4.35. The van der Waals surface area contributed by atoms with Crippen LogP contribution in [0.4, 0.5) is 0 Å². The fourth-order valence-corrected chi connectivity index (χ4v) is 4.11. The van der Waals surface area contributed by atoms with Crippen LogP contribution < -0.4 is 5.56 Å². The molecule has 1 N–H and O–H groups in total. The number of benzene rings is 1. The Morgan fingerprint density at radius 3 is 2.71 bits per heavy atom. The number of aromatic amines is 1. The van der Waals surface area contributed by atoms with Crippen molar-refractivity contribution < 1.29 is 9.53 Å². The number of H-pyrrole nitrogens is 1. The van der Waals surface area contributed by atoms with Gasteiger partial charge in [0, 0.05) is 49.1 Å². The smallest absolute Gasteiger partial charge is 0.273 e. The Labute approximate surface area is 198 Å². The van der Waals surface area contributed by atoms with E-state index in [1.54, 1.807) is 30.3 Å². The summed E-state index contributed by atoms with van der Waals surface area (Å²) in [6.07, 6.45) is 9.56. The second-order valence-corrected chi connectivity index (χ2v) is 8.45. The number of Topliss-reactive ketones (excluding diaryl/α,β-unsaturated/α-hetero) is 1. The highest BCUT2D eigenvalue weighted by Crippen LogP contribution is 2.18. The Morgan fingerprint density at radius 1 is 1.06 bits per heavy atom. The van der Waals surface area contributed by atoms with Gasteiger partial charge in [0.1, 0.15) is 5.69 Å². The fourth-order valence-electron chi connectivity index (χ4n) is 4.11. The van der Waals surface area contributed by atoms with Gasteiger partial charge >= 0.3 is 0 Å². The molecule has 3 heterocycles. The molecule has 3 aromatic heterocycles. The number of ether oxygens (including phenoxy) is 1. The number of methoxy groups -OCH3 is 1. The maximum absolute atomic E-state index is 13.3. The Morgan fingerprint density at radius 2 is 1.91 bits per heavy atom. The van der Waals surface area contributed by atoms with E-state index in [1.807, 2.05) is 42.5 Å². The third kappa shape index (κ3) is 5.85. The van der Waals surface area contributed by atoms with E-state index in [0.717, 1.165) is 41.4 Å². The molecule has 7 nitrogen and oxygen atoms in total. The first-order valence-corrected chi connectivity index (χ1v) is 11.7. The summed E-state index contributed by atoms with van der Waals surface area (Å²) in [5.74, 6) is 0.00769. The van der Waals surface area contributed by atoms with Crippen LogP contribution >= 0.6 is 0 Å². The summed E-state index contributed by atoms with van der Waals surface area (Å²) in [5.41, 5.74) is 3.85. The number of aryl methyl sites for hydroxylation is 2. The van der Waals surface area contributed by atoms with Gasteiger partial charge in [0.25, 0.3) is 5.56 Å². The number of hydrogen-bond acceptors (Lipinski definition) is 5. The van der Waals surface area contributed by atoms with Gasteiger partial charge in [-0.25, -0.2) is 0 Å². The Hall–Kier alpha value is -3.58. The molecule has 0 spiro atoms. The topological polar surface area (TPSA) is 89.9 Å². The molecule has 0 aliphatic heterocycles. The average Bonchev–Trinajstić information content (AvgIpc) is 3.28. The largest absolute Gasteiger partial charge is 0.385 e. The van der Waals surface area contributed by atoms with Crippen molar-refractivity contribution in [3.63, 3.8) is 0 Å². The molecule has 0 unspecified atom stereocenters. The molecule has 0 atom stereocenters. The Bertz CT molecular complexity index is 1260. The predicted molar refractivity (Wildman–Crippen MR) is 133 cm³/mol. The van der Waals surface area contributed by atoms with Crippen molar-refractivity contribution in [1.29, 1.82) is 0 Å². The Kier molecular flexibility index (Phi) is 7.99. The van der Waals surface area contributed by atoms with Gasteiger partial charge in [-0.05, 0) is 43.4 Å². The minimum atomic E-state index is -0.182. The van der Waals surface area contributed by atoms with Crippen LogP contribution in [0.25, 0.3) is 22.2 Å². The van der Waals surface area contributed by atoms with Gasteiger partial charge in [0.2, 0.25) is 0 Å². The van der Waals surface area contributed by atoms with Gasteiger partial charge in [-0.3, -0.25) is 24.1 Å². The van der Waals surface area contributed by atoms with E-state index in [2.05, 4.69) is 15.0 Å². The molecule has 34 heavy (non-hydrogen) atoms. The third-order valence-corrected chi connectivity index (χ3v) is 5.94. The number of nitrogens with one attached hydrogen (secondary N) is 1. The molecular weight excluding hydrogens is 428 g/mol. The van der Waals surface area contributed by atoms with Crippen LogP contribution in [0.5, 0.6) is 0 Å². The molecular formula is C27H30N4O3. The van der Waals surface area contributed by atoms with Crippen LogP contribution in [0.2, 0.25) is 0 Å². The number of aromatic nitrogens is 4. The lowest BCUT2D eigenvalue weighted by Gasteiger charge is -2.14. The van der Waals surface area contributed by atoms with Crippen LogP contribution in [0.15, 0.2) is 65.8 Å². The van der Waals surface area contributed by atoms with Crippen LogP contribution in [0.3, 0.4) is 0 Å². The van der Waals surface area contributed by atoms with Crippen molar-refractivity contribution in [3.05, 3.63) is 82.8 Å². The summed E-state index contributed by atoms with van der Waals surface area (Å²) in [5, 5.41) is 1.02. The zero-order valence-electron chi connectivity index (χ0n) is 19.5. The third-order valence-electron chi connectivity index (χ3n) is 5.94. The maximum Gasteiger partial charge on any atom is 0.273 e. The van der Waals surface area contributed by atoms with Crippen molar-refractivity contribution >= 4 is 16.7 Å². The van der Waals surface area contributed by atoms with Crippen LogP contribution in [-0.2, 0) is 28.9 Å². The van der Waals surface area contributed by atoms with Gasteiger partial charge in [0.05, 0.1) is 18.4 Å². The summed E-state index contributed by atoms with van der Waals surface area (Å²) in [6.45, 7) is 0.746. The fraction of sp³-hybridized carbons (Fsp3) is 0.333. The van der Waals surface area contributed by atoms with E-state index in [9.17, 15) is 9.59 Å². The quantitative estimate of drug-likeness (QED) is 0.319. The molecule has 0 amide bonds.